The summed E-state index contributed by atoms with van der Waals surface area (Å²) in [7, 11) is 0. The van der Waals surface area contributed by atoms with E-state index in [4.69, 9.17) is 0 Å². The van der Waals surface area contributed by atoms with Crippen molar-refractivity contribution in [2.45, 2.75) is 72.4 Å². The maximum atomic E-state index is 3.66. The van der Waals surface area contributed by atoms with Crippen molar-refractivity contribution in [2.75, 3.05) is 19.6 Å². The molecule has 0 amide bonds. The van der Waals surface area contributed by atoms with E-state index in [2.05, 4.69) is 44.8 Å². The molecule has 1 saturated heterocycles. The lowest BCUT2D eigenvalue weighted by atomic mass is 9.91. The summed E-state index contributed by atoms with van der Waals surface area (Å²) in [5.41, 5.74) is 0.452. The second-order valence-corrected chi connectivity index (χ2v) is 7.05. The summed E-state index contributed by atoms with van der Waals surface area (Å²) in [4.78, 5) is 2.65. The molecule has 0 aromatic heterocycles. The third-order valence-electron chi connectivity index (χ3n) is 3.75. The van der Waals surface area contributed by atoms with Crippen molar-refractivity contribution >= 4 is 0 Å². The van der Waals surface area contributed by atoms with Crippen LogP contribution >= 0.6 is 0 Å². The fraction of sp³-hybridized carbons (Fsp3) is 1.00. The smallest absolute Gasteiger partial charge is 0.0195 e. The van der Waals surface area contributed by atoms with Crippen LogP contribution in [0, 0.1) is 5.41 Å². The molecule has 2 heteroatoms. The van der Waals surface area contributed by atoms with Gasteiger partial charge in [-0.1, -0.05) is 27.2 Å². The summed E-state index contributed by atoms with van der Waals surface area (Å²) in [6.07, 6.45) is 5.42. The first kappa shape index (κ1) is 15.0. The van der Waals surface area contributed by atoms with Gasteiger partial charge in [-0.15, -0.1) is 0 Å². The number of nitrogens with zero attached hydrogens (tertiary/aromatic N) is 1. The van der Waals surface area contributed by atoms with Crippen molar-refractivity contribution in [3.8, 4) is 0 Å². The van der Waals surface area contributed by atoms with Crippen molar-refractivity contribution in [1.29, 1.82) is 0 Å². The molecule has 0 radical (unpaired) electrons. The summed E-state index contributed by atoms with van der Waals surface area (Å²) in [6.45, 7) is 15.3. The molecule has 17 heavy (non-hydrogen) atoms. The van der Waals surface area contributed by atoms with Gasteiger partial charge >= 0.3 is 0 Å². The lowest BCUT2D eigenvalue weighted by Crippen LogP contribution is -2.46. The molecule has 1 unspecified atom stereocenters. The standard InChI is InChI=1S/C15H32N2/c1-13(2)17(11-9-15(3,4)5)12-14-8-6-7-10-16-14/h13-14,16H,6-12H2,1-5H3. The first-order valence-electron chi connectivity index (χ1n) is 7.36. The van der Waals surface area contributed by atoms with Crippen LogP contribution in [0.4, 0.5) is 0 Å². The van der Waals surface area contributed by atoms with E-state index in [1.54, 1.807) is 0 Å². The van der Waals surface area contributed by atoms with E-state index in [0.29, 0.717) is 11.5 Å². The summed E-state index contributed by atoms with van der Waals surface area (Å²) in [5, 5.41) is 3.66. The summed E-state index contributed by atoms with van der Waals surface area (Å²) < 4.78 is 0. The van der Waals surface area contributed by atoms with E-state index >= 15 is 0 Å². The molecule has 1 aliphatic rings. The van der Waals surface area contributed by atoms with Gasteiger partial charge in [-0.05, 0) is 51.6 Å². The van der Waals surface area contributed by atoms with Gasteiger partial charge in [-0.3, -0.25) is 4.90 Å². The zero-order chi connectivity index (χ0) is 12.9. The fourth-order valence-corrected chi connectivity index (χ4v) is 2.40. The second kappa shape index (κ2) is 6.75. The Morgan fingerprint density at radius 1 is 1.24 bits per heavy atom. The first-order valence-corrected chi connectivity index (χ1v) is 7.36. The zero-order valence-electron chi connectivity index (χ0n) is 12.6. The molecular weight excluding hydrogens is 208 g/mol. The van der Waals surface area contributed by atoms with Crippen LogP contribution in [-0.4, -0.2) is 36.6 Å². The Kier molecular flexibility index (Phi) is 5.94. The topological polar surface area (TPSA) is 15.3 Å². The van der Waals surface area contributed by atoms with Crippen LogP contribution in [0.2, 0.25) is 0 Å². The molecular formula is C15H32N2. The minimum Gasteiger partial charge on any atom is -0.313 e. The molecule has 0 aromatic carbocycles. The van der Waals surface area contributed by atoms with Crippen LogP contribution in [0.15, 0.2) is 0 Å². The molecule has 2 nitrogen and oxygen atoms in total. The van der Waals surface area contributed by atoms with Gasteiger partial charge in [0.05, 0.1) is 0 Å². The molecule has 1 heterocycles. The Balaban J connectivity index is 2.37. The van der Waals surface area contributed by atoms with Crippen LogP contribution in [0.25, 0.3) is 0 Å². The predicted octanol–water partition coefficient (Wildman–Crippen LogP) is 3.28. The van der Waals surface area contributed by atoms with E-state index in [9.17, 15) is 0 Å². The third kappa shape index (κ3) is 6.42. The van der Waals surface area contributed by atoms with Crippen molar-refractivity contribution in [2.24, 2.45) is 5.41 Å². The van der Waals surface area contributed by atoms with Gasteiger partial charge in [0.1, 0.15) is 0 Å². The average Bonchev–Trinajstić information content (AvgIpc) is 2.24. The lowest BCUT2D eigenvalue weighted by Gasteiger charge is -2.34. The largest absolute Gasteiger partial charge is 0.313 e. The SMILES string of the molecule is CC(C)N(CCC(C)(C)C)CC1CCCCN1. The molecule has 1 rings (SSSR count). The normalized spacial score (nSPS) is 22.4. The zero-order valence-corrected chi connectivity index (χ0v) is 12.6. The van der Waals surface area contributed by atoms with Crippen LogP contribution in [-0.2, 0) is 0 Å². The van der Waals surface area contributed by atoms with E-state index in [1.165, 1.54) is 45.3 Å². The van der Waals surface area contributed by atoms with Crippen LogP contribution in [0.5, 0.6) is 0 Å². The van der Waals surface area contributed by atoms with E-state index < -0.39 is 0 Å². The van der Waals surface area contributed by atoms with E-state index in [1.807, 2.05) is 0 Å². The highest BCUT2D eigenvalue weighted by atomic mass is 15.2. The highest BCUT2D eigenvalue weighted by Crippen LogP contribution is 2.20. The average molecular weight is 240 g/mol. The lowest BCUT2D eigenvalue weighted by molar-refractivity contribution is 0.162. The number of hydrogen-bond acceptors (Lipinski definition) is 2. The number of rotatable bonds is 5. The van der Waals surface area contributed by atoms with E-state index in [0.717, 1.165) is 6.04 Å². The van der Waals surface area contributed by atoms with Crippen molar-refractivity contribution in [3.05, 3.63) is 0 Å². The molecule has 1 aliphatic heterocycles. The predicted molar refractivity (Wildman–Crippen MR) is 76.4 cm³/mol. The summed E-state index contributed by atoms with van der Waals surface area (Å²) >= 11 is 0. The molecule has 1 fully saturated rings. The Hall–Kier alpha value is -0.0800. The number of nitrogens with one attached hydrogen (secondary N) is 1. The Bertz CT molecular complexity index is 199. The van der Waals surface area contributed by atoms with Gasteiger partial charge in [0, 0.05) is 18.6 Å². The monoisotopic (exact) mass is 240 g/mol. The highest BCUT2D eigenvalue weighted by molar-refractivity contribution is 4.78. The molecule has 1 atom stereocenters. The van der Waals surface area contributed by atoms with Gasteiger partial charge in [0.25, 0.3) is 0 Å². The van der Waals surface area contributed by atoms with Gasteiger partial charge < -0.3 is 5.32 Å². The van der Waals surface area contributed by atoms with Gasteiger partial charge in [0.15, 0.2) is 0 Å². The van der Waals surface area contributed by atoms with Gasteiger partial charge in [0.2, 0.25) is 0 Å². The number of hydrogen-bond donors (Lipinski definition) is 1. The maximum absolute atomic E-state index is 3.66. The second-order valence-electron chi connectivity index (χ2n) is 7.05. The molecule has 1 N–H and O–H groups in total. The minimum absolute atomic E-state index is 0.452. The quantitative estimate of drug-likeness (QED) is 0.793. The Labute approximate surface area is 108 Å². The molecule has 0 aromatic rings. The van der Waals surface area contributed by atoms with Crippen LogP contribution in [0.3, 0.4) is 0 Å². The first-order chi connectivity index (χ1) is 7.88. The molecule has 0 saturated carbocycles. The van der Waals surface area contributed by atoms with Crippen molar-refractivity contribution < 1.29 is 0 Å². The third-order valence-corrected chi connectivity index (χ3v) is 3.75. The Morgan fingerprint density at radius 2 is 1.94 bits per heavy atom. The van der Waals surface area contributed by atoms with Crippen molar-refractivity contribution in [1.82, 2.24) is 10.2 Å². The van der Waals surface area contributed by atoms with E-state index in [-0.39, 0.29) is 0 Å². The molecule has 0 bridgehead atoms. The molecule has 0 spiro atoms. The van der Waals surface area contributed by atoms with Crippen molar-refractivity contribution in [3.63, 3.8) is 0 Å². The minimum atomic E-state index is 0.452. The fourth-order valence-electron chi connectivity index (χ4n) is 2.40. The Morgan fingerprint density at radius 3 is 2.41 bits per heavy atom. The molecule has 102 valence electrons. The van der Waals surface area contributed by atoms with Gasteiger partial charge in [-0.25, -0.2) is 0 Å². The summed E-state index contributed by atoms with van der Waals surface area (Å²) in [6, 6.07) is 1.40. The van der Waals surface area contributed by atoms with Crippen LogP contribution < -0.4 is 5.32 Å². The highest BCUT2D eigenvalue weighted by Gasteiger charge is 2.20. The maximum Gasteiger partial charge on any atom is 0.0195 e. The van der Waals surface area contributed by atoms with Gasteiger partial charge in [-0.2, -0.15) is 0 Å². The number of piperidine rings is 1. The molecule has 0 aliphatic carbocycles. The summed E-state index contributed by atoms with van der Waals surface area (Å²) in [5.74, 6) is 0. The van der Waals surface area contributed by atoms with Crippen LogP contribution in [0.1, 0.15) is 60.3 Å².